The van der Waals surface area contributed by atoms with E-state index in [2.05, 4.69) is 9.71 Å². The Balaban J connectivity index is 2.12. The summed E-state index contributed by atoms with van der Waals surface area (Å²) in [6.45, 7) is 6.14. The van der Waals surface area contributed by atoms with E-state index < -0.39 is 21.8 Å². The number of ether oxygens (including phenoxy) is 1. The van der Waals surface area contributed by atoms with Gasteiger partial charge in [-0.25, -0.2) is 8.42 Å². The molecule has 0 radical (unpaired) electrons. The van der Waals surface area contributed by atoms with Gasteiger partial charge < -0.3 is 15.5 Å². The molecule has 0 spiro atoms. The second kappa shape index (κ2) is 9.95. The van der Waals surface area contributed by atoms with Crippen LogP contribution in [0.3, 0.4) is 0 Å². The van der Waals surface area contributed by atoms with Gasteiger partial charge in [0.05, 0.1) is 19.3 Å². The van der Waals surface area contributed by atoms with Crippen molar-refractivity contribution in [2.24, 2.45) is 5.73 Å². The van der Waals surface area contributed by atoms with Crippen molar-refractivity contribution in [1.82, 2.24) is 4.98 Å². The van der Waals surface area contributed by atoms with Crippen LogP contribution in [0.25, 0.3) is 11.1 Å². The zero-order valence-corrected chi connectivity index (χ0v) is 21.3. The van der Waals surface area contributed by atoms with Crippen LogP contribution in [0.5, 0.6) is 5.75 Å². The Morgan fingerprint density at radius 1 is 1.14 bits per heavy atom. The lowest BCUT2D eigenvalue weighted by atomic mass is 9.81. The van der Waals surface area contributed by atoms with E-state index in [1.165, 1.54) is 0 Å². The first-order valence-corrected chi connectivity index (χ1v) is 13.0. The van der Waals surface area contributed by atoms with Crippen LogP contribution in [-0.2, 0) is 26.7 Å². The first-order chi connectivity index (χ1) is 16.3. The number of rotatable bonds is 8. The number of methoxy groups -OCH3 is 1. The average Bonchev–Trinajstić information content (AvgIpc) is 2.76. The highest BCUT2D eigenvalue weighted by molar-refractivity contribution is 7.92. The van der Waals surface area contributed by atoms with Crippen LogP contribution in [0.4, 0.5) is 5.69 Å². The molecule has 1 heterocycles. The minimum atomic E-state index is -3.42. The molecule has 0 saturated carbocycles. The third kappa shape index (κ3) is 6.30. The van der Waals surface area contributed by atoms with Crippen molar-refractivity contribution in [3.05, 3.63) is 81.8 Å². The number of aromatic amines is 1. The summed E-state index contributed by atoms with van der Waals surface area (Å²) in [5.74, 6) is -0.598. The first-order valence-electron chi connectivity index (χ1n) is 11.1. The number of nitrogens with one attached hydrogen (secondary N) is 2. The second-order valence-corrected chi connectivity index (χ2v) is 11.3. The van der Waals surface area contributed by atoms with Gasteiger partial charge in [0, 0.05) is 23.0 Å². The summed E-state index contributed by atoms with van der Waals surface area (Å²) in [5.41, 5.74) is 9.15. The molecule has 1 unspecified atom stereocenters. The highest BCUT2D eigenvalue weighted by atomic mass is 32.2. The lowest BCUT2D eigenvalue weighted by Crippen LogP contribution is -2.24. The summed E-state index contributed by atoms with van der Waals surface area (Å²) >= 11 is 0. The largest absolute Gasteiger partial charge is 0.496 e. The number of pyridine rings is 1. The van der Waals surface area contributed by atoms with Gasteiger partial charge in [-0.05, 0) is 64.9 Å². The Labute approximate surface area is 205 Å². The maximum Gasteiger partial charge on any atom is 0.255 e. The van der Waals surface area contributed by atoms with E-state index >= 15 is 0 Å². The molecule has 0 bridgehead atoms. The molecule has 0 fully saturated rings. The summed E-state index contributed by atoms with van der Waals surface area (Å²) < 4.78 is 31.2. The molecular weight excluding hydrogens is 466 g/mol. The molecule has 9 heteroatoms. The summed E-state index contributed by atoms with van der Waals surface area (Å²) in [6, 6.07) is 13.8. The topological polar surface area (TPSA) is 131 Å². The molecule has 3 rings (SSSR count). The highest BCUT2D eigenvalue weighted by Gasteiger charge is 2.27. The van der Waals surface area contributed by atoms with Crippen LogP contribution in [0.2, 0.25) is 0 Å². The van der Waals surface area contributed by atoms with Crippen molar-refractivity contribution in [1.29, 1.82) is 0 Å². The minimum Gasteiger partial charge on any atom is -0.496 e. The molecule has 8 nitrogen and oxygen atoms in total. The Morgan fingerprint density at radius 3 is 2.31 bits per heavy atom. The smallest absolute Gasteiger partial charge is 0.255 e. The molecule has 0 aliphatic heterocycles. The highest BCUT2D eigenvalue weighted by Crippen LogP contribution is 2.39. The molecule has 1 aromatic heterocycles. The zero-order valence-electron chi connectivity index (χ0n) is 20.5. The first kappa shape index (κ1) is 26.0. The van der Waals surface area contributed by atoms with E-state index in [1.54, 1.807) is 49.7 Å². The van der Waals surface area contributed by atoms with Crippen LogP contribution in [0, 0.1) is 0 Å². The van der Waals surface area contributed by atoms with Gasteiger partial charge >= 0.3 is 0 Å². The summed E-state index contributed by atoms with van der Waals surface area (Å²) in [5, 5.41) is 0. The fourth-order valence-electron chi connectivity index (χ4n) is 4.04. The SMILES string of the molecule is COc1c(CC(C(N)=O)c2ccc(NS(C)(=O)=O)cc2)cc(-c2ccc[nH]c2=O)cc1C(C)(C)C. The Morgan fingerprint density at radius 2 is 1.80 bits per heavy atom. The fourth-order valence-corrected chi connectivity index (χ4v) is 4.61. The molecule has 2 aromatic carbocycles. The quantitative estimate of drug-likeness (QED) is 0.438. The zero-order chi connectivity index (χ0) is 26.0. The van der Waals surface area contributed by atoms with Gasteiger partial charge in [-0.1, -0.05) is 32.9 Å². The molecule has 1 atom stereocenters. The summed E-state index contributed by atoms with van der Waals surface area (Å²) in [6.07, 6.45) is 2.88. The number of hydrogen-bond acceptors (Lipinski definition) is 5. The predicted octanol–water partition coefficient (Wildman–Crippen LogP) is 3.53. The van der Waals surface area contributed by atoms with Crippen LogP contribution < -0.4 is 20.8 Å². The Kier molecular flexibility index (Phi) is 7.40. The standard InChI is InChI=1S/C26H31N3O5S/c1-26(2,3)22-15-17(20-7-6-12-28-25(20)31)13-18(23(22)34-4)14-21(24(27)30)16-8-10-19(11-9-16)29-35(5,32)33/h6-13,15,21,29H,14H2,1-5H3,(H2,27,30)(H,28,31). The van der Waals surface area contributed by atoms with Crippen LogP contribution in [0.1, 0.15) is 43.4 Å². The third-order valence-corrected chi connectivity index (χ3v) is 6.30. The number of primary amides is 1. The van der Waals surface area contributed by atoms with Crippen molar-refractivity contribution >= 4 is 21.6 Å². The Bertz CT molecular complexity index is 1390. The number of nitrogens with two attached hydrogens (primary N) is 1. The van der Waals surface area contributed by atoms with Gasteiger partial charge in [-0.2, -0.15) is 0 Å². The summed E-state index contributed by atoms with van der Waals surface area (Å²) in [4.78, 5) is 27.7. The number of carbonyl (C=O) groups is 1. The Hall–Kier alpha value is -3.59. The number of H-pyrrole nitrogens is 1. The number of anilines is 1. The number of sulfonamides is 1. The van der Waals surface area contributed by atoms with E-state index in [1.807, 2.05) is 32.9 Å². The number of hydrogen-bond donors (Lipinski definition) is 3. The van der Waals surface area contributed by atoms with E-state index in [0.29, 0.717) is 28.1 Å². The molecule has 35 heavy (non-hydrogen) atoms. The van der Waals surface area contributed by atoms with Gasteiger partial charge in [-0.15, -0.1) is 0 Å². The molecule has 0 aliphatic carbocycles. The lowest BCUT2D eigenvalue weighted by molar-refractivity contribution is -0.119. The van der Waals surface area contributed by atoms with E-state index in [0.717, 1.165) is 17.4 Å². The number of carbonyl (C=O) groups excluding carboxylic acids is 1. The monoisotopic (exact) mass is 497 g/mol. The number of amides is 1. The number of benzene rings is 2. The van der Waals surface area contributed by atoms with Crippen molar-refractivity contribution in [3.63, 3.8) is 0 Å². The van der Waals surface area contributed by atoms with E-state index in [4.69, 9.17) is 10.5 Å². The van der Waals surface area contributed by atoms with Gasteiger partial charge in [0.15, 0.2) is 0 Å². The van der Waals surface area contributed by atoms with Crippen LogP contribution in [0.15, 0.2) is 59.5 Å². The molecule has 1 amide bonds. The molecule has 186 valence electrons. The van der Waals surface area contributed by atoms with E-state index in [-0.39, 0.29) is 17.4 Å². The number of aromatic nitrogens is 1. The van der Waals surface area contributed by atoms with Crippen molar-refractivity contribution in [3.8, 4) is 16.9 Å². The van der Waals surface area contributed by atoms with Crippen LogP contribution in [-0.4, -0.2) is 32.7 Å². The maximum absolute atomic E-state index is 12.5. The minimum absolute atomic E-state index is 0.219. The normalized spacial score (nSPS) is 12.7. The van der Waals surface area contributed by atoms with Crippen molar-refractivity contribution in [2.45, 2.75) is 38.5 Å². The van der Waals surface area contributed by atoms with Gasteiger partial charge in [0.25, 0.3) is 5.56 Å². The van der Waals surface area contributed by atoms with Crippen LogP contribution >= 0.6 is 0 Å². The molecular formula is C26H31N3O5S. The van der Waals surface area contributed by atoms with Crippen molar-refractivity contribution < 1.29 is 17.9 Å². The lowest BCUT2D eigenvalue weighted by Gasteiger charge is -2.26. The molecule has 3 aromatic rings. The van der Waals surface area contributed by atoms with E-state index in [9.17, 15) is 18.0 Å². The molecule has 0 saturated heterocycles. The van der Waals surface area contributed by atoms with Gasteiger partial charge in [-0.3, -0.25) is 14.3 Å². The fraction of sp³-hybridized carbons (Fsp3) is 0.308. The van der Waals surface area contributed by atoms with Gasteiger partial charge in [0.1, 0.15) is 5.75 Å². The molecule has 0 aliphatic rings. The second-order valence-electron chi connectivity index (χ2n) is 9.53. The average molecular weight is 498 g/mol. The third-order valence-electron chi connectivity index (χ3n) is 5.69. The maximum atomic E-state index is 12.5. The van der Waals surface area contributed by atoms with Gasteiger partial charge in [0.2, 0.25) is 15.9 Å². The molecule has 4 N–H and O–H groups in total. The summed E-state index contributed by atoms with van der Waals surface area (Å²) in [7, 11) is -1.85. The predicted molar refractivity (Wildman–Crippen MR) is 138 cm³/mol. The van der Waals surface area contributed by atoms with Crippen molar-refractivity contribution in [2.75, 3.05) is 18.1 Å².